The van der Waals surface area contributed by atoms with E-state index in [0.29, 0.717) is 5.69 Å². The number of hydrogen-bond donors (Lipinski definition) is 1. The Bertz CT molecular complexity index is 750. The molecule has 0 aliphatic carbocycles. The third kappa shape index (κ3) is 3.08. The number of nitrogen functional groups attached to an aromatic ring is 1. The number of para-hydroxylation sites is 1. The second-order valence-corrected chi connectivity index (χ2v) is 6.10. The molecule has 2 rings (SSSR count). The molecule has 0 atom stereocenters. The average molecular weight is 308 g/mol. The fourth-order valence-electron chi connectivity index (χ4n) is 1.95. The molecule has 7 heteroatoms. The molecule has 0 saturated heterocycles. The predicted octanol–water partition coefficient (Wildman–Crippen LogP) is 1.41. The number of nitrogens with zero attached hydrogens (tertiary/aromatic N) is 1. The van der Waals surface area contributed by atoms with Crippen molar-refractivity contribution in [3.8, 4) is 0 Å². The number of esters is 1. The lowest BCUT2D eigenvalue weighted by atomic mass is 10.3. The van der Waals surface area contributed by atoms with Gasteiger partial charge < -0.3 is 10.5 Å². The first kappa shape index (κ1) is 15.1. The van der Waals surface area contributed by atoms with E-state index in [1.165, 1.54) is 18.3 Å². The molecule has 1 heterocycles. The Kier molecular flexibility index (Phi) is 4.32. The SMILES string of the molecule is CCOC(=O)Cc1cccn1S(=O)(=O)c1ccccc1N. The molecule has 1 aromatic heterocycles. The molecule has 1 aromatic carbocycles. The van der Waals surface area contributed by atoms with Gasteiger partial charge in [-0.3, -0.25) is 4.79 Å². The van der Waals surface area contributed by atoms with E-state index >= 15 is 0 Å². The Morgan fingerprint density at radius 1 is 1.24 bits per heavy atom. The van der Waals surface area contributed by atoms with Gasteiger partial charge in [0, 0.05) is 11.9 Å². The standard InChI is InChI=1S/C14H16N2O4S/c1-2-20-14(17)10-11-6-5-9-16(11)21(18,19)13-8-4-3-7-12(13)15/h3-9H,2,10,15H2,1H3. The maximum absolute atomic E-state index is 12.6. The van der Waals surface area contributed by atoms with Crippen LogP contribution in [-0.2, 0) is 26.0 Å². The van der Waals surface area contributed by atoms with Crippen LogP contribution in [0.5, 0.6) is 0 Å². The molecule has 0 aliphatic rings. The Hall–Kier alpha value is -2.28. The number of carbonyl (C=O) groups is 1. The second kappa shape index (κ2) is 6.01. The Balaban J connectivity index is 2.41. The normalized spacial score (nSPS) is 11.3. The summed E-state index contributed by atoms with van der Waals surface area (Å²) in [6.07, 6.45) is 1.27. The van der Waals surface area contributed by atoms with E-state index in [4.69, 9.17) is 10.5 Å². The van der Waals surface area contributed by atoms with Crippen molar-refractivity contribution in [3.05, 3.63) is 48.3 Å². The molecule has 0 saturated carbocycles. The van der Waals surface area contributed by atoms with Gasteiger partial charge in [0.1, 0.15) is 4.90 Å². The summed E-state index contributed by atoms with van der Waals surface area (Å²) in [5, 5.41) is 0. The van der Waals surface area contributed by atoms with E-state index in [0.717, 1.165) is 3.97 Å². The summed E-state index contributed by atoms with van der Waals surface area (Å²) in [6.45, 7) is 1.94. The maximum atomic E-state index is 12.6. The van der Waals surface area contributed by atoms with Crippen molar-refractivity contribution in [1.82, 2.24) is 3.97 Å². The van der Waals surface area contributed by atoms with Gasteiger partial charge in [-0.2, -0.15) is 0 Å². The number of aromatic nitrogens is 1. The highest BCUT2D eigenvalue weighted by Gasteiger charge is 2.22. The van der Waals surface area contributed by atoms with Crippen molar-refractivity contribution in [2.24, 2.45) is 0 Å². The zero-order chi connectivity index (χ0) is 15.5. The average Bonchev–Trinajstić information content (AvgIpc) is 2.88. The third-order valence-corrected chi connectivity index (χ3v) is 4.68. The van der Waals surface area contributed by atoms with Gasteiger partial charge in [0.25, 0.3) is 10.0 Å². The van der Waals surface area contributed by atoms with E-state index in [1.54, 1.807) is 31.2 Å². The summed E-state index contributed by atoms with van der Waals surface area (Å²) in [6, 6.07) is 9.32. The molecule has 0 spiro atoms. The summed E-state index contributed by atoms with van der Waals surface area (Å²) >= 11 is 0. The van der Waals surface area contributed by atoms with Crippen molar-refractivity contribution in [1.29, 1.82) is 0 Å². The van der Waals surface area contributed by atoms with E-state index in [9.17, 15) is 13.2 Å². The third-order valence-electron chi connectivity index (χ3n) is 2.88. The van der Waals surface area contributed by atoms with Crippen LogP contribution in [0.1, 0.15) is 12.6 Å². The van der Waals surface area contributed by atoms with Gasteiger partial charge in [0.2, 0.25) is 0 Å². The number of hydrogen-bond acceptors (Lipinski definition) is 5. The Morgan fingerprint density at radius 3 is 2.62 bits per heavy atom. The van der Waals surface area contributed by atoms with Crippen LogP contribution in [-0.4, -0.2) is 25.0 Å². The first-order chi connectivity index (χ1) is 9.96. The summed E-state index contributed by atoms with van der Waals surface area (Å²) in [5.41, 5.74) is 6.22. The van der Waals surface area contributed by atoms with E-state index in [1.807, 2.05) is 0 Å². The summed E-state index contributed by atoms with van der Waals surface area (Å²) in [4.78, 5) is 11.5. The summed E-state index contributed by atoms with van der Waals surface area (Å²) in [7, 11) is -3.83. The zero-order valence-electron chi connectivity index (χ0n) is 11.5. The van der Waals surface area contributed by atoms with Crippen LogP contribution in [0, 0.1) is 0 Å². The lowest BCUT2D eigenvalue weighted by Gasteiger charge is -2.11. The van der Waals surface area contributed by atoms with Gasteiger partial charge in [0.05, 0.1) is 18.7 Å². The molecule has 21 heavy (non-hydrogen) atoms. The van der Waals surface area contributed by atoms with Crippen molar-refractivity contribution < 1.29 is 17.9 Å². The predicted molar refractivity (Wildman–Crippen MR) is 78.2 cm³/mol. The number of anilines is 1. The molecule has 2 N–H and O–H groups in total. The molecule has 0 amide bonds. The van der Waals surface area contributed by atoms with Gasteiger partial charge >= 0.3 is 5.97 Å². The van der Waals surface area contributed by atoms with E-state index in [2.05, 4.69) is 0 Å². The summed E-state index contributed by atoms with van der Waals surface area (Å²) < 4.78 is 31.1. The quantitative estimate of drug-likeness (QED) is 0.666. The van der Waals surface area contributed by atoms with E-state index in [-0.39, 0.29) is 23.6 Å². The molecular formula is C14H16N2O4S. The van der Waals surface area contributed by atoms with Crippen LogP contribution in [0.15, 0.2) is 47.5 Å². The number of rotatable bonds is 5. The van der Waals surface area contributed by atoms with Gasteiger partial charge in [0.15, 0.2) is 0 Å². The van der Waals surface area contributed by atoms with E-state index < -0.39 is 16.0 Å². The van der Waals surface area contributed by atoms with Crippen molar-refractivity contribution >= 4 is 21.7 Å². The first-order valence-electron chi connectivity index (χ1n) is 6.38. The van der Waals surface area contributed by atoms with Crippen LogP contribution >= 0.6 is 0 Å². The minimum absolute atomic E-state index is 0.00584. The van der Waals surface area contributed by atoms with Gasteiger partial charge in [-0.25, -0.2) is 12.4 Å². The number of nitrogens with two attached hydrogens (primary N) is 1. The minimum atomic E-state index is -3.83. The molecule has 0 unspecified atom stereocenters. The lowest BCUT2D eigenvalue weighted by molar-refractivity contribution is -0.142. The van der Waals surface area contributed by atoms with Crippen LogP contribution in [0.3, 0.4) is 0 Å². The van der Waals surface area contributed by atoms with Crippen LogP contribution in [0.2, 0.25) is 0 Å². The highest BCUT2D eigenvalue weighted by molar-refractivity contribution is 7.90. The van der Waals surface area contributed by atoms with Gasteiger partial charge in [-0.05, 0) is 31.2 Å². The highest BCUT2D eigenvalue weighted by Crippen LogP contribution is 2.22. The lowest BCUT2D eigenvalue weighted by Crippen LogP contribution is -2.19. The largest absolute Gasteiger partial charge is 0.466 e. The fourth-order valence-corrected chi connectivity index (χ4v) is 3.45. The molecule has 0 fully saturated rings. The minimum Gasteiger partial charge on any atom is -0.466 e. The van der Waals surface area contributed by atoms with Gasteiger partial charge in [-0.1, -0.05) is 12.1 Å². The fraction of sp³-hybridized carbons (Fsp3) is 0.214. The smallest absolute Gasteiger partial charge is 0.311 e. The number of carbonyl (C=O) groups excluding carboxylic acids is 1. The number of ether oxygens (including phenoxy) is 1. The molecule has 112 valence electrons. The molecule has 0 bridgehead atoms. The molecule has 0 aliphatic heterocycles. The van der Waals surface area contributed by atoms with Crippen molar-refractivity contribution in [2.75, 3.05) is 12.3 Å². The first-order valence-corrected chi connectivity index (χ1v) is 7.82. The maximum Gasteiger partial charge on any atom is 0.311 e. The molecule has 6 nitrogen and oxygen atoms in total. The summed E-state index contributed by atoms with van der Waals surface area (Å²) in [5.74, 6) is -0.478. The van der Waals surface area contributed by atoms with Crippen molar-refractivity contribution in [3.63, 3.8) is 0 Å². The number of benzene rings is 1. The Morgan fingerprint density at radius 2 is 1.95 bits per heavy atom. The van der Waals surface area contributed by atoms with Crippen LogP contribution in [0.25, 0.3) is 0 Å². The van der Waals surface area contributed by atoms with Crippen molar-refractivity contribution in [2.45, 2.75) is 18.2 Å². The monoisotopic (exact) mass is 308 g/mol. The topological polar surface area (TPSA) is 91.4 Å². The molecular weight excluding hydrogens is 292 g/mol. The van der Waals surface area contributed by atoms with Crippen LogP contribution < -0.4 is 5.73 Å². The van der Waals surface area contributed by atoms with Crippen LogP contribution in [0.4, 0.5) is 5.69 Å². The zero-order valence-corrected chi connectivity index (χ0v) is 12.3. The highest BCUT2D eigenvalue weighted by atomic mass is 32.2. The second-order valence-electron chi connectivity index (χ2n) is 4.32. The molecule has 2 aromatic rings. The molecule has 0 radical (unpaired) electrons. The van der Waals surface area contributed by atoms with Gasteiger partial charge in [-0.15, -0.1) is 0 Å². The Labute approximate surface area is 123 Å².